The van der Waals surface area contributed by atoms with Crippen LogP contribution in [0.15, 0.2) is 36.4 Å². The van der Waals surface area contributed by atoms with E-state index in [0.29, 0.717) is 0 Å². The molecule has 3 nitrogen and oxygen atoms in total. The van der Waals surface area contributed by atoms with Gasteiger partial charge < -0.3 is 10.6 Å². The molecular weight excluding hydrogens is 310 g/mol. The van der Waals surface area contributed by atoms with Crippen molar-refractivity contribution < 1.29 is 13.6 Å². The molecule has 0 radical (unpaired) electrons. The molecule has 2 aromatic rings. The molecule has 1 atom stereocenters. The van der Waals surface area contributed by atoms with Gasteiger partial charge in [-0.2, -0.15) is 0 Å². The zero-order valence-corrected chi connectivity index (χ0v) is 13.5. The number of aryl methyl sites for hydroxylation is 2. The number of carbonyl (C=O) groups excluding carboxylic acids is 1. The van der Waals surface area contributed by atoms with Crippen LogP contribution in [0.5, 0.6) is 0 Å². The monoisotopic (exact) mass is 330 g/mol. The fourth-order valence-electron chi connectivity index (χ4n) is 3.05. The summed E-state index contributed by atoms with van der Waals surface area (Å²) >= 11 is 0. The van der Waals surface area contributed by atoms with Crippen LogP contribution in [0, 0.1) is 11.6 Å². The maximum atomic E-state index is 13.6. The number of hydrogen-bond donors (Lipinski definition) is 2. The molecule has 0 unspecified atom stereocenters. The predicted octanol–water partition coefficient (Wildman–Crippen LogP) is 4.73. The highest BCUT2D eigenvalue weighted by Gasteiger charge is 2.15. The van der Waals surface area contributed by atoms with Crippen molar-refractivity contribution in [2.24, 2.45) is 0 Å². The zero-order chi connectivity index (χ0) is 17.1. The smallest absolute Gasteiger partial charge is 0.319 e. The molecule has 24 heavy (non-hydrogen) atoms. The van der Waals surface area contributed by atoms with Crippen molar-refractivity contribution in [2.45, 2.75) is 38.6 Å². The standard InChI is InChI=1S/C19H20F2N2O/c1-12(14-7-6-13-4-2-3-5-15(13)10-14)22-19(24)23-18-9-8-16(20)11-17(18)21/h6-12H,2-5H2,1H3,(H2,22,23,24)/t12-/m1/s1. The molecule has 1 aliphatic rings. The molecule has 0 heterocycles. The second kappa shape index (κ2) is 6.99. The Labute approximate surface area is 140 Å². The molecule has 126 valence electrons. The molecular formula is C19H20F2N2O. The number of urea groups is 1. The van der Waals surface area contributed by atoms with Gasteiger partial charge in [-0.25, -0.2) is 13.6 Å². The van der Waals surface area contributed by atoms with E-state index in [1.807, 2.05) is 13.0 Å². The van der Waals surface area contributed by atoms with E-state index in [1.54, 1.807) is 0 Å². The van der Waals surface area contributed by atoms with Gasteiger partial charge in [-0.05, 0) is 61.4 Å². The van der Waals surface area contributed by atoms with Crippen LogP contribution < -0.4 is 10.6 Å². The summed E-state index contributed by atoms with van der Waals surface area (Å²) in [6.45, 7) is 1.88. The topological polar surface area (TPSA) is 41.1 Å². The molecule has 2 amide bonds. The summed E-state index contributed by atoms with van der Waals surface area (Å²) in [6.07, 6.45) is 4.61. The Hall–Kier alpha value is -2.43. The Morgan fingerprint density at radius 2 is 1.79 bits per heavy atom. The van der Waals surface area contributed by atoms with E-state index in [4.69, 9.17) is 0 Å². The minimum atomic E-state index is -0.799. The normalized spacial score (nSPS) is 14.6. The summed E-state index contributed by atoms with van der Waals surface area (Å²) in [4.78, 5) is 12.0. The summed E-state index contributed by atoms with van der Waals surface area (Å²) in [5.74, 6) is -1.48. The van der Waals surface area contributed by atoms with Gasteiger partial charge in [-0.1, -0.05) is 18.2 Å². The van der Waals surface area contributed by atoms with Crippen molar-refractivity contribution in [3.63, 3.8) is 0 Å². The van der Waals surface area contributed by atoms with Crippen molar-refractivity contribution in [1.82, 2.24) is 5.32 Å². The quantitative estimate of drug-likeness (QED) is 0.839. The summed E-state index contributed by atoms with van der Waals surface area (Å²) in [7, 11) is 0. The molecule has 0 aliphatic heterocycles. The molecule has 0 fully saturated rings. The first-order valence-corrected chi connectivity index (χ1v) is 8.17. The van der Waals surface area contributed by atoms with E-state index in [9.17, 15) is 13.6 Å². The maximum absolute atomic E-state index is 13.6. The van der Waals surface area contributed by atoms with Crippen molar-refractivity contribution in [2.75, 3.05) is 5.32 Å². The molecule has 5 heteroatoms. The third-order valence-corrected chi connectivity index (χ3v) is 4.40. The Balaban J connectivity index is 1.65. The molecule has 0 aromatic heterocycles. The number of carbonyl (C=O) groups is 1. The maximum Gasteiger partial charge on any atom is 0.319 e. The molecule has 0 bridgehead atoms. The summed E-state index contributed by atoms with van der Waals surface area (Å²) in [6, 6.07) is 8.60. The van der Waals surface area contributed by atoms with E-state index in [2.05, 4.69) is 22.8 Å². The Bertz CT molecular complexity index is 761. The van der Waals surface area contributed by atoms with Gasteiger partial charge in [-0.15, -0.1) is 0 Å². The number of benzene rings is 2. The van der Waals surface area contributed by atoms with Crippen LogP contribution in [0.2, 0.25) is 0 Å². The van der Waals surface area contributed by atoms with Crippen LogP contribution in [-0.4, -0.2) is 6.03 Å². The van der Waals surface area contributed by atoms with Crippen LogP contribution in [0.25, 0.3) is 0 Å². The van der Waals surface area contributed by atoms with Gasteiger partial charge in [0.1, 0.15) is 11.6 Å². The lowest BCUT2D eigenvalue weighted by Gasteiger charge is -2.20. The third kappa shape index (κ3) is 3.72. The van der Waals surface area contributed by atoms with Crippen molar-refractivity contribution >= 4 is 11.7 Å². The van der Waals surface area contributed by atoms with Crippen LogP contribution in [-0.2, 0) is 12.8 Å². The zero-order valence-electron chi connectivity index (χ0n) is 13.5. The molecule has 0 spiro atoms. The molecule has 2 aromatic carbocycles. The molecule has 2 N–H and O–H groups in total. The van der Waals surface area contributed by atoms with Crippen LogP contribution in [0.1, 0.15) is 42.5 Å². The largest absolute Gasteiger partial charge is 0.331 e. The minimum absolute atomic E-state index is 0.0495. The number of amides is 2. The number of rotatable bonds is 3. The van der Waals surface area contributed by atoms with Gasteiger partial charge in [-0.3, -0.25) is 0 Å². The van der Waals surface area contributed by atoms with Gasteiger partial charge in [0.25, 0.3) is 0 Å². The lowest BCUT2D eigenvalue weighted by atomic mass is 9.89. The van der Waals surface area contributed by atoms with Gasteiger partial charge in [0.05, 0.1) is 11.7 Å². The van der Waals surface area contributed by atoms with Crippen LogP contribution >= 0.6 is 0 Å². The van der Waals surface area contributed by atoms with Crippen molar-refractivity contribution in [1.29, 1.82) is 0 Å². The first kappa shape index (κ1) is 16.4. The Kier molecular flexibility index (Phi) is 4.79. The number of fused-ring (bicyclic) bond motifs is 1. The SMILES string of the molecule is C[C@@H](NC(=O)Nc1ccc(F)cc1F)c1ccc2c(c1)CCCC2. The first-order valence-electron chi connectivity index (χ1n) is 8.17. The van der Waals surface area contributed by atoms with E-state index in [1.165, 1.54) is 30.0 Å². The Morgan fingerprint density at radius 3 is 2.54 bits per heavy atom. The van der Waals surface area contributed by atoms with Crippen molar-refractivity contribution in [3.8, 4) is 0 Å². The van der Waals surface area contributed by atoms with E-state index >= 15 is 0 Å². The summed E-state index contributed by atoms with van der Waals surface area (Å²) in [5, 5.41) is 5.19. The molecule has 3 rings (SSSR count). The molecule has 1 aliphatic carbocycles. The fourth-order valence-corrected chi connectivity index (χ4v) is 3.05. The number of nitrogens with one attached hydrogen (secondary N) is 2. The van der Waals surface area contributed by atoms with Gasteiger partial charge in [0.15, 0.2) is 0 Å². The number of anilines is 1. The lowest BCUT2D eigenvalue weighted by Crippen LogP contribution is -2.31. The second-order valence-corrected chi connectivity index (χ2v) is 6.18. The van der Waals surface area contributed by atoms with E-state index in [-0.39, 0.29) is 11.7 Å². The minimum Gasteiger partial charge on any atom is -0.331 e. The Morgan fingerprint density at radius 1 is 1.04 bits per heavy atom. The second-order valence-electron chi connectivity index (χ2n) is 6.18. The average Bonchev–Trinajstić information content (AvgIpc) is 2.57. The number of hydrogen-bond acceptors (Lipinski definition) is 1. The fraction of sp³-hybridized carbons (Fsp3) is 0.316. The van der Waals surface area contributed by atoms with E-state index < -0.39 is 17.7 Å². The third-order valence-electron chi connectivity index (χ3n) is 4.40. The van der Waals surface area contributed by atoms with Crippen molar-refractivity contribution in [3.05, 3.63) is 64.7 Å². The van der Waals surface area contributed by atoms with Crippen LogP contribution in [0.4, 0.5) is 19.3 Å². The highest BCUT2D eigenvalue weighted by molar-refractivity contribution is 5.89. The summed E-state index contributed by atoms with van der Waals surface area (Å²) < 4.78 is 26.5. The van der Waals surface area contributed by atoms with Gasteiger partial charge in [0.2, 0.25) is 0 Å². The van der Waals surface area contributed by atoms with E-state index in [0.717, 1.165) is 30.5 Å². The molecule has 0 saturated heterocycles. The lowest BCUT2D eigenvalue weighted by molar-refractivity contribution is 0.249. The summed E-state index contributed by atoms with van der Waals surface area (Å²) in [5.41, 5.74) is 3.70. The highest BCUT2D eigenvalue weighted by atomic mass is 19.1. The average molecular weight is 330 g/mol. The van der Waals surface area contributed by atoms with Gasteiger partial charge in [0, 0.05) is 6.07 Å². The van der Waals surface area contributed by atoms with Crippen LogP contribution in [0.3, 0.4) is 0 Å². The van der Waals surface area contributed by atoms with Gasteiger partial charge >= 0.3 is 6.03 Å². The highest BCUT2D eigenvalue weighted by Crippen LogP contribution is 2.25. The first-order chi connectivity index (χ1) is 11.5. The molecule has 0 saturated carbocycles. The number of halogens is 2. The predicted molar refractivity (Wildman–Crippen MR) is 90.0 cm³/mol.